The molecule has 2 aromatic carbocycles. The van der Waals surface area contributed by atoms with Gasteiger partial charge in [0.2, 0.25) is 0 Å². The van der Waals surface area contributed by atoms with Crippen molar-refractivity contribution in [2.75, 3.05) is 13.2 Å². The number of carbonyl (C=O) groups is 2. The Balaban J connectivity index is 0.000000202. The summed E-state index contributed by atoms with van der Waals surface area (Å²) in [6, 6.07) is 29.2. The maximum Gasteiger partial charge on any atom is 0.0643 e. The SMILES string of the molecule is CCCCC(CC)COC(=O)c1sc2c(Br)sc(Br)c2c1F.CCCCC(CC)COC(=O)c1sc2c(C)sc(-c3cc4c(-c5ccc(CC(CC)CCCC)s5)c5sc(C)cc5c(-c5ccc(CC(CC)CCCC)s5)c4s3)c2c1F.CCCCC(CC)Cc1ccc(-c2c3c[c]([Sn]([CH3])([CH3])[CH3])sc3c(-c3ccc(CC(CC)CCCC)s3)c3cc(C)sc23)s1.[2H][B][3H]. The number of halogens is 4. The molecule has 1 radical (unpaired) electrons. The molecule has 0 bridgehead atoms. The summed E-state index contributed by atoms with van der Waals surface area (Å²) in [6.45, 7) is 34.5. The van der Waals surface area contributed by atoms with Crippen molar-refractivity contribution in [3.05, 3.63) is 136 Å². The van der Waals surface area contributed by atoms with Crippen LogP contribution >= 0.6 is 168 Å². The molecular weight excluding hydrogens is 2030 g/mol. The number of carbonyl (C=O) groups excluding carboxylic acids is 2. The van der Waals surface area contributed by atoms with Crippen LogP contribution in [0.3, 0.4) is 0 Å². The molecule has 4 nitrogen and oxygen atoms in total. The Morgan fingerprint density at radius 3 is 1.07 bits per heavy atom. The molecule has 12 heterocycles. The molecule has 0 amide bonds. The predicted octanol–water partition coefficient (Wildman–Crippen LogP) is 39.2. The van der Waals surface area contributed by atoms with E-state index in [4.69, 9.17) is 12.1 Å². The third-order valence-electron chi connectivity index (χ3n) is 25.3. The van der Waals surface area contributed by atoms with Crippen LogP contribution in [0.1, 0.15) is 291 Å². The summed E-state index contributed by atoms with van der Waals surface area (Å²) >= 11 is 25.8. The normalized spacial score (nSPS) is 13.6. The van der Waals surface area contributed by atoms with Gasteiger partial charge >= 0.3 is 282 Å². The van der Waals surface area contributed by atoms with E-state index < -0.39 is 41.9 Å². The molecule has 6 unspecified atom stereocenters. The Labute approximate surface area is 825 Å². The summed E-state index contributed by atoms with van der Waals surface area (Å²) in [6.07, 6.45) is 33.8. The molecule has 6 atom stereocenters. The molecule has 0 aliphatic heterocycles. The second-order valence-electron chi connectivity index (χ2n) is 35.8. The van der Waals surface area contributed by atoms with E-state index in [1.54, 1.807) is 35.3 Å². The van der Waals surface area contributed by atoms with Crippen molar-refractivity contribution in [1.82, 2.24) is 0 Å². The number of rotatable bonds is 44. The van der Waals surface area contributed by atoms with Gasteiger partial charge in [-0.1, -0.05) is 159 Å². The number of ether oxygens (including phenoxy) is 2. The Bertz CT molecular complexity index is 5680. The van der Waals surface area contributed by atoms with E-state index in [1.165, 1.54) is 240 Å². The summed E-state index contributed by atoms with van der Waals surface area (Å²) in [4.78, 5) is 51.0. The van der Waals surface area contributed by atoms with Crippen molar-refractivity contribution in [3.8, 4) is 51.5 Å². The quantitative estimate of drug-likeness (QED) is 0.0282. The minimum Gasteiger partial charge on any atom is -0.0321 e. The Kier molecular flexibility index (Phi) is 39.1. The molecule has 0 spiro atoms. The van der Waals surface area contributed by atoms with Crippen molar-refractivity contribution in [3.63, 3.8) is 0 Å². The van der Waals surface area contributed by atoms with Gasteiger partial charge in [-0.25, -0.2) is 18.4 Å². The minimum atomic E-state index is -2.29. The second kappa shape index (κ2) is 49.0. The molecular formula is C104H134BBr2F2O4S12Sn. The van der Waals surface area contributed by atoms with Gasteiger partial charge in [0.25, 0.3) is 0 Å². The summed E-state index contributed by atoms with van der Waals surface area (Å²) in [5, 5.41) is 6.62. The van der Waals surface area contributed by atoms with Crippen molar-refractivity contribution < 1.29 is 27.8 Å². The Morgan fingerprint density at radius 2 is 0.722 bits per heavy atom. The van der Waals surface area contributed by atoms with E-state index in [9.17, 15) is 14.0 Å². The molecule has 14 rings (SSSR count). The van der Waals surface area contributed by atoms with Crippen LogP contribution in [-0.2, 0) is 35.2 Å². The molecule has 0 aliphatic carbocycles. The van der Waals surface area contributed by atoms with E-state index in [0.717, 1.165) is 115 Å². The first kappa shape index (κ1) is 100. The summed E-state index contributed by atoms with van der Waals surface area (Å²) in [7, 11) is 0.500. The van der Waals surface area contributed by atoms with Gasteiger partial charge in [-0.05, 0) is 134 Å². The molecule has 0 saturated heterocycles. The molecule has 22 heteroatoms. The van der Waals surface area contributed by atoms with Crippen molar-refractivity contribution in [1.29, 1.82) is 2.67 Å². The number of benzene rings is 2. The zero-order chi connectivity index (χ0) is 92.2. The predicted molar refractivity (Wildman–Crippen MR) is 582 cm³/mol. The van der Waals surface area contributed by atoms with E-state index in [0.29, 0.717) is 59.8 Å². The maximum absolute atomic E-state index is 16.8. The van der Waals surface area contributed by atoms with Crippen LogP contribution in [0.4, 0.5) is 8.78 Å². The van der Waals surface area contributed by atoms with Gasteiger partial charge in [0, 0.05) is 70.8 Å². The summed E-state index contributed by atoms with van der Waals surface area (Å²) in [5.74, 6) is 1.69. The number of aryl methyl sites for hydroxylation is 3. The van der Waals surface area contributed by atoms with Crippen LogP contribution < -0.4 is 2.89 Å². The largest absolute Gasteiger partial charge is 0.0643 e. The first-order chi connectivity index (χ1) is 61.7. The fourth-order valence-electron chi connectivity index (χ4n) is 17.4. The second-order valence-corrected chi connectivity index (χ2v) is 67.4. The third kappa shape index (κ3) is 24.8. The van der Waals surface area contributed by atoms with E-state index in [1.807, 2.05) is 45.3 Å². The number of thiophene rings is 12. The molecule has 14 aromatic rings. The maximum atomic E-state index is 16.8. The average molecular weight is 2160 g/mol. The fourth-order valence-corrected chi connectivity index (χ4v) is 39.2. The molecule has 0 saturated carbocycles. The van der Waals surface area contributed by atoms with Crippen molar-refractivity contribution >= 4 is 270 Å². The zero-order valence-corrected chi connectivity index (χ0v) is 93.6. The van der Waals surface area contributed by atoms with E-state index in [2.05, 4.69) is 257 Å². The molecule has 0 N–H and O–H groups in total. The topological polar surface area (TPSA) is 52.6 Å². The zero-order valence-electron chi connectivity index (χ0n) is 79.7. The molecule has 12 aromatic heterocycles. The first-order valence-corrected chi connectivity index (χ1v) is 68.1. The van der Waals surface area contributed by atoms with Gasteiger partial charge in [0.05, 0.1) is 48.8 Å². The van der Waals surface area contributed by atoms with Gasteiger partial charge in [-0.2, -0.15) is 0 Å². The van der Waals surface area contributed by atoms with Gasteiger partial charge in [-0.15, -0.1) is 90.7 Å². The standard InChI is InChI=1S/C51H63FO2S6.C35H43S4.C15H17Br2FO2S2.3CH3.BH2.Sn/c1-9-15-18-32(12-4)26-35-21-23-39(57-35)42-37-25-30(7)55-47(37)43(40-24-22-36(58-40)27-33(13-5)19-16-10-2)38-28-41(59-48(38)42)49-44-45(52)50(60-46(44)31(8)56-49)51(53)54-29-34(14-6)20-17-11-3;1-6-10-12-24(8-3)21-26-14-16-30(38-26)32-28-18-19-36-34(28)33(29-20-23(5)37-35(29)32)31-17-15-27(39-31)22-25(9-4)13-11-7-2;1-3-5-6-8(4-2)7-20-15(19)12-10(18)9-11(21-12)14(17)22-13(9)16;;;;;/h21-25,28,32-34H,9-20,26-27,29H2,1-8H3;14-18,20,24-25H,6-13,21-22H2,1-5H3;8H,3-7H2,1-2H3;3*1H3;1H2;/i;;;;;;1TD;. The van der Waals surface area contributed by atoms with E-state index >= 15 is 4.39 Å². The smallest absolute Gasteiger partial charge is 0.0321 e. The Morgan fingerprint density at radius 1 is 0.397 bits per heavy atom. The molecule has 0 aliphatic rings. The van der Waals surface area contributed by atoms with Crippen LogP contribution in [0.25, 0.3) is 112 Å². The monoisotopic (exact) mass is 2160 g/mol. The first-order valence-electron chi connectivity index (χ1n) is 47.9. The summed E-state index contributed by atoms with van der Waals surface area (Å²) < 4.78 is 64.3. The number of esters is 2. The minimum absolute atomic E-state index is 0.0598. The molecule has 681 valence electrons. The van der Waals surface area contributed by atoms with Gasteiger partial charge in [0.1, 0.15) is 9.75 Å². The van der Waals surface area contributed by atoms with Crippen molar-refractivity contribution in [2.24, 2.45) is 35.5 Å². The van der Waals surface area contributed by atoms with Gasteiger partial charge in [0.15, 0.2) is 11.6 Å². The van der Waals surface area contributed by atoms with Crippen molar-refractivity contribution in [2.45, 2.75) is 298 Å². The van der Waals surface area contributed by atoms with Crippen LogP contribution in [0.5, 0.6) is 0 Å². The van der Waals surface area contributed by atoms with Crippen LogP contribution in [-0.4, -0.2) is 54.5 Å². The van der Waals surface area contributed by atoms with Gasteiger partial charge in [-0.3, -0.25) is 0 Å². The van der Waals surface area contributed by atoms with Crippen LogP contribution in [0, 0.1) is 67.9 Å². The number of fused-ring (bicyclic) bond motifs is 6. The summed E-state index contributed by atoms with van der Waals surface area (Å²) in [5.41, 5.74) is 5.67. The van der Waals surface area contributed by atoms with E-state index in [-0.39, 0.29) is 9.75 Å². The average Bonchev–Trinajstić information content (AvgIpc) is 1.56. The number of unbranched alkanes of at least 4 members (excludes halogenated alkanes) is 6. The number of hydrogen-bond acceptors (Lipinski definition) is 16. The third-order valence-corrected chi connectivity index (χ3v) is 50.4. The Hall–Kier alpha value is -2.98. The molecule has 0 fully saturated rings. The fraction of sp³-hybridized carbons (Fsp3) is 0.519. The number of hydrogen-bond donors (Lipinski definition) is 0. The molecule has 126 heavy (non-hydrogen) atoms. The van der Waals surface area contributed by atoms with Crippen LogP contribution in [0.15, 0.2) is 80.4 Å². The van der Waals surface area contributed by atoms with Gasteiger partial charge < -0.3 is 9.47 Å². The van der Waals surface area contributed by atoms with Crippen LogP contribution in [0.2, 0.25) is 14.8 Å².